The van der Waals surface area contributed by atoms with E-state index in [1.807, 2.05) is 19.2 Å². The fourth-order valence-electron chi connectivity index (χ4n) is 2.21. The normalized spacial score (nSPS) is 14.2. The van der Waals surface area contributed by atoms with E-state index in [2.05, 4.69) is 25.1 Å². The average Bonchev–Trinajstić information content (AvgIpc) is 2.85. The number of thiophene rings is 1. The van der Waals surface area contributed by atoms with Gasteiger partial charge in [0.05, 0.1) is 0 Å². The highest BCUT2D eigenvalue weighted by atomic mass is 32.1. The first-order valence-electron chi connectivity index (χ1n) is 5.60. The Morgan fingerprint density at radius 1 is 1.24 bits per heavy atom. The molecule has 3 rings (SSSR count). The molecule has 17 heavy (non-hydrogen) atoms. The molecule has 2 heterocycles. The summed E-state index contributed by atoms with van der Waals surface area (Å²) < 4.78 is 0. The Morgan fingerprint density at radius 2 is 2.06 bits per heavy atom. The Hall–Kier alpha value is -1.61. The van der Waals surface area contributed by atoms with E-state index in [0.717, 1.165) is 17.7 Å². The van der Waals surface area contributed by atoms with E-state index in [4.69, 9.17) is 0 Å². The maximum atomic E-state index is 11.8. The molecule has 0 N–H and O–H groups in total. The van der Waals surface area contributed by atoms with E-state index in [1.54, 1.807) is 16.2 Å². The van der Waals surface area contributed by atoms with Crippen molar-refractivity contribution in [3.8, 4) is 10.4 Å². The first-order chi connectivity index (χ1) is 8.15. The van der Waals surface area contributed by atoms with E-state index < -0.39 is 0 Å². The van der Waals surface area contributed by atoms with Crippen LogP contribution in [0.25, 0.3) is 10.4 Å². The molecule has 0 bridgehead atoms. The van der Waals surface area contributed by atoms with Crippen molar-refractivity contribution in [2.24, 2.45) is 0 Å². The second kappa shape index (κ2) is 3.70. The van der Waals surface area contributed by atoms with Gasteiger partial charge in [-0.3, -0.25) is 4.79 Å². The molecule has 1 aromatic carbocycles. The molecule has 1 aromatic heterocycles. The number of rotatable bonds is 1. The molecule has 0 fully saturated rings. The van der Waals surface area contributed by atoms with E-state index in [-0.39, 0.29) is 5.91 Å². The molecule has 0 saturated heterocycles. The summed E-state index contributed by atoms with van der Waals surface area (Å²) >= 11 is 1.79. The summed E-state index contributed by atoms with van der Waals surface area (Å²) in [4.78, 5) is 16.1. The summed E-state index contributed by atoms with van der Waals surface area (Å²) in [5, 5.41) is 0. The van der Waals surface area contributed by atoms with Gasteiger partial charge >= 0.3 is 0 Å². The molecule has 2 aromatic rings. The lowest BCUT2D eigenvalue weighted by molar-refractivity contribution is 0.0816. The quantitative estimate of drug-likeness (QED) is 0.752. The Bertz CT molecular complexity index is 600. The number of fused-ring (bicyclic) bond motifs is 1. The number of aryl methyl sites for hydroxylation is 1. The van der Waals surface area contributed by atoms with Crippen molar-refractivity contribution >= 4 is 17.2 Å². The van der Waals surface area contributed by atoms with Crippen molar-refractivity contribution in [2.75, 3.05) is 7.05 Å². The molecule has 0 radical (unpaired) electrons. The van der Waals surface area contributed by atoms with Gasteiger partial charge in [0, 0.05) is 28.9 Å². The largest absolute Gasteiger partial charge is 0.337 e. The number of hydrogen-bond acceptors (Lipinski definition) is 2. The molecule has 1 aliphatic rings. The molecule has 3 heteroatoms. The first kappa shape index (κ1) is 10.5. The van der Waals surface area contributed by atoms with Gasteiger partial charge in [-0.15, -0.1) is 11.3 Å². The first-order valence-corrected chi connectivity index (χ1v) is 6.42. The van der Waals surface area contributed by atoms with Crippen molar-refractivity contribution in [3.05, 3.63) is 46.3 Å². The lowest BCUT2D eigenvalue weighted by Gasteiger charge is -2.04. The molecule has 86 valence electrons. The number of carbonyl (C=O) groups is 1. The summed E-state index contributed by atoms with van der Waals surface area (Å²) in [6, 6.07) is 10.4. The lowest BCUT2D eigenvalue weighted by atomic mass is 10.1. The maximum Gasteiger partial charge on any atom is 0.254 e. The predicted molar refractivity (Wildman–Crippen MR) is 70.3 cm³/mol. The molecule has 0 atom stereocenters. The minimum absolute atomic E-state index is 0.133. The van der Waals surface area contributed by atoms with Crippen LogP contribution in [0.4, 0.5) is 0 Å². The maximum absolute atomic E-state index is 11.8. The summed E-state index contributed by atoms with van der Waals surface area (Å²) in [7, 11) is 1.84. The fourth-order valence-corrected chi connectivity index (χ4v) is 3.07. The summed E-state index contributed by atoms with van der Waals surface area (Å²) in [6.07, 6.45) is 0. The third-order valence-corrected chi connectivity index (χ3v) is 4.16. The van der Waals surface area contributed by atoms with E-state index >= 15 is 0 Å². The minimum Gasteiger partial charge on any atom is -0.337 e. The van der Waals surface area contributed by atoms with Gasteiger partial charge in [0.1, 0.15) is 0 Å². The van der Waals surface area contributed by atoms with Gasteiger partial charge in [-0.1, -0.05) is 6.07 Å². The topological polar surface area (TPSA) is 20.3 Å². The molecule has 0 unspecified atom stereocenters. The number of benzene rings is 1. The molecule has 1 aliphatic heterocycles. The monoisotopic (exact) mass is 243 g/mol. The number of nitrogens with zero attached hydrogens (tertiary/aromatic N) is 1. The van der Waals surface area contributed by atoms with Crippen LogP contribution in [-0.2, 0) is 6.54 Å². The standard InChI is InChI=1S/C14H13NOS/c1-9-3-6-13(17-9)10-4-5-12-11(7-10)8-15(2)14(12)16/h3-7H,8H2,1-2H3. The Balaban J connectivity index is 2.06. The highest BCUT2D eigenvalue weighted by Gasteiger charge is 2.24. The highest BCUT2D eigenvalue weighted by molar-refractivity contribution is 7.15. The van der Waals surface area contributed by atoms with E-state index in [1.165, 1.54) is 15.3 Å². The van der Waals surface area contributed by atoms with Crippen LogP contribution in [0.3, 0.4) is 0 Å². The van der Waals surface area contributed by atoms with Gasteiger partial charge < -0.3 is 4.90 Å². The molecule has 0 saturated carbocycles. The van der Waals surface area contributed by atoms with Crippen molar-refractivity contribution < 1.29 is 4.79 Å². The van der Waals surface area contributed by atoms with Gasteiger partial charge in [-0.25, -0.2) is 0 Å². The zero-order chi connectivity index (χ0) is 12.0. The summed E-state index contributed by atoms with van der Waals surface area (Å²) in [5.74, 6) is 0.133. The van der Waals surface area contributed by atoms with Gasteiger partial charge in [0.2, 0.25) is 0 Å². The molecule has 0 spiro atoms. The zero-order valence-electron chi connectivity index (χ0n) is 9.86. The van der Waals surface area contributed by atoms with Crippen LogP contribution in [-0.4, -0.2) is 17.9 Å². The Labute approximate surface area is 105 Å². The van der Waals surface area contributed by atoms with Crippen LogP contribution in [0.15, 0.2) is 30.3 Å². The molecule has 1 amide bonds. The molecular formula is C14H13NOS. The van der Waals surface area contributed by atoms with Gasteiger partial charge in [0.15, 0.2) is 0 Å². The third-order valence-electron chi connectivity index (χ3n) is 3.11. The Kier molecular flexibility index (Phi) is 2.30. The SMILES string of the molecule is Cc1ccc(-c2ccc3c(c2)CN(C)C3=O)s1. The lowest BCUT2D eigenvalue weighted by Crippen LogP contribution is -2.17. The van der Waals surface area contributed by atoms with Crippen LogP contribution in [0, 0.1) is 6.92 Å². The average molecular weight is 243 g/mol. The van der Waals surface area contributed by atoms with Crippen LogP contribution in [0.2, 0.25) is 0 Å². The van der Waals surface area contributed by atoms with E-state index in [0.29, 0.717) is 0 Å². The molecular weight excluding hydrogens is 230 g/mol. The minimum atomic E-state index is 0.133. The van der Waals surface area contributed by atoms with Crippen LogP contribution in [0.5, 0.6) is 0 Å². The van der Waals surface area contributed by atoms with Crippen molar-refractivity contribution in [1.29, 1.82) is 0 Å². The van der Waals surface area contributed by atoms with Crippen molar-refractivity contribution in [3.63, 3.8) is 0 Å². The Morgan fingerprint density at radius 3 is 2.76 bits per heavy atom. The molecule has 2 nitrogen and oxygen atoms in total. The van der Waals surface area contributed by atoms with Crippen LogP contribution < -0.4 is 0 Å². The van der Waals surface area contributed by atoms with Crippen LogP contribution in [0.1, 0.15) is 20.8 Å². The predicted octanol–water partition coefficient (Wildman–Crippen LogP) is 3.31. The van der Waals surface area contributed by atoms with Gasteiger partial charge in [0.25, 0.3) is 5.91 Å². The second-order valence-electron chi connectivity index (χ2n) is 4.44. The van der Waals surface area contributed by atoms with E-state index in [9.17, 15) is 4.79 Å². The molecule has 0 aliphatic carbocycles. The van der Waals surface area contributed by atoms with Crippen molar-refractivity contribution in [1.82, 2.24) is 4.90 Å². The van der Waals surface area contributed by atoms with Gasteiger partial charge in [-0.05, 0) is 42.3 Å². The summed E-state index contributed by atoms with van der Waals surface area (Å²) in [5.41, 5.74) is 3.20. The third kappa shape index (κ3) is 1.67. The zero-order valence-corrected chi connectivity index (χ0v) is 10.7. The van der Waals surface area contributed by atoms with Crippen LogP contribution >= 0.6 is 11.3 Å². The highest BCUT2D eigenvalue weighted by Crippen LogP contribution is 2.31. The van der Waals surface area contributed by atoms with Gasteiger partial charge in [-0.2, -0.15) is 0 Å². The number of hydrogen-bond donors (Lipinski definition) is 0. The number of carbonyl (C=O) groups excluding carboxylic acids is 1. The number of amides is 1. The fraction of sp³-hybridized carbons (Fsp3) is 0.214. The smallest absolute Gasteiger partial charge is 0.254 e. The van der Waals surface area contributed by atoms with Crippen molar-refractivity contribution in [2.45, 2.75) is 13.5 Å². The second-order valence-corrected chi connectivity index (χ2v) is 5.73. The summed E-state index contributed by atoms with van der Waals surface area (Å²) in [6.45, 7) is 2.84.